The Labute approximate surface area is 230 Å². The molecule has 0 N–H and O–H groups in total. The molecule has 2 aliphatic heterocycles. The van der Waals surface area contributed by atoms with Crippen molar-refractivity contribution in [1.82, 2.24) is 14.3 Å². The predicted molar refractivity (Wildman–Crippen MR) is 157 cm³/mol. The lowest BCUT2D eigenvalue weighted by molar-refractivity contribution is 0.170. The number of aromatic nitrogens is 2. The maximum atomic E-state index is 12.6. The van der Waals surface area contributed by atoms with Crippen LogP contribution in [0.4, 0.5) is 5.82 Å². The number of benzene rings is 1. The van der Waals surface area contributed by atoms with Crippen molar-refractivity contribution in [2.24, 2.45) is 5.92 Å². The summed E-state index contributed by atoms with van der Waals surface area (Å²) in [6.07, 6.45) is 9.05. The molecule has 2 aromatic heterocycles. The van der Waals surface area contributed by atoms with Crippen LogP contribution in [0, 0.1) is 5.92 Å². The third kappa shape index (κ3) is 6.38. The highest BCUT2D eigenvalue weighted by molar-refractivity contribution is 7.89. The molecular weight excluding hydrogens is 516 g/mol. The van der Waals surface area contributed by atoms with Gasteiger partial charge in [-0.2, -0.15) is 4.31 Å². The molecule has 0 amide bonds. The standard InChI is InChI=1S/C29H38N4O3S2/c1-4-5-22-6-9-28(30-19-22)32-14-12-25(13-15-32)36-29-31-26-8-7-24(18-27(26)37-29)23-10-16-33(17-11-23)38(34,35)20-21(2)3/h6-10,18-19,21,25H,4-5,11-17,20H2,1-3H3. The second-order valence-electron chi connectivity index (χ2n) is 10.8. The summed E-state index contributed by atoms with van der Waals surface area (Å²) in [4.78, 5) is 11.7. The molecule has 1 aromatic carbocycles. The predicted octanol–water partition coefficient (Wildman–Crippen LogP) is 5.77. The van der Waals surface area contributed by atoms with Crippen LogP contribution in [0.25, 0.3) is 15.8 Å². The van der Waals surface area contributed by atoms with E-state index in [0.29, 0.717) is 13.1 Å². The third-order valence-corrected chi connectivity index (χ3v) is 10.3. The molecule has 9 heteroatoms. The highest BCUT2D eigenvalue weighted by Crippen LogP contribution is 2.34. The minimum absolute atomic E-state index is 0.128. The lowest BCUT2D eigenvalue weighted by Crippen LogP contribution is -2.38. The van der Waals surface area contributed by atoms with Crippen molar-refractivity contribution in [3.05, 3.63) is 53.7 Å². The van der Waals surface area contributed by atoms with Crippen LogP contribution < -0.4 is 9.64 Å². The Hall–Kier alpha value is -2.49. The van der Waals surface area contributed by atoms with Crippen LogP contribution in [-0.2, 0) is 16.4 Å². The van der Waals surface area contributed by atoms with E-state index in [9.17, 15) is 8.42 Å². The van der Waals surface area contributed by atoms with Gasteiger partial charge in [0.2, 0.25) is 10.0 Å². The van der Waals surface area contributed by atoms with Gasteiger partial charge in [-0.3, -0.25) is 0 Å². The molecule has 0 saturated carbocycles. The second kappa shape index (κ2) is 11.7. The number of anilines is 1. The molecule has 2 aliphatic rings. The number of nitrogens with zero attached hydrogens (tertiary/aromatic N) is 4. The van der Waals surface area contributed by atoms with E-state index in [1.165, 1.54) is 11.1 Å². The summed E-state index contributed by atoms with van der Waals surface area (Å²) in [6.45, 7) is 8.91. The maximum Gasteiger partial charge on any atom is 0.274 e. The number of piperidine rings is 1. The monoisotopic (exact) mass is 554 g/mol. The van der Waals surface area contributed by atoms with Gasteiger partial charge in [0, 0.05) is 45.2 Å². The van der Waals surface area contributed by atoms with Crippen molar-refractivity contribution in [3.8, 4) is 5.19 Å². The van der Waals surface area contributed by atoms with Crippen molar-refractivity contribution < 1.29 is 13.2 Å². The molecule has 0 unspecified atom stereocenters. The molecule has 0 radical (unpaired) electrons. The average Bonchev–Trinajstić information content (AvgIpc) is 3.31. The van der Waals surface area contributed by atoms with E-state index in [2.05, 4.69) is 47.1 Å². The largest absolute Gasteiger partial charge is 0.467 e. The lowest BCUT2D eigenvalue weighted by atomic mass is 10.0. The van der Waals surface area contributed by atoms with Crippen LogP contribution in [0.2, 0.25) is 0 Å². The minimum atomic E-state index is -3.20. The van der Waals surface area contributed by atoms with E-state index < -0.39 is 10.0 Å². The van der Waals surface area contributed by atoms with Gasteiger partial charge in [0.1, 0.15) is 11.9 Å². The molecule has 5 rings (SSSR count). The van der Waals surface area contributed by atoms with Crippen molar-refractivity contribution in [1.29, 1.82) is 0 Å². The number of pyridine rings is 1. The van der Waals surface area contributed by atoms with Crippen LogP contribution in [0.15, 0.2) is 42.6 Å². The van der Waals surface area contributed by atoms with Crippen LogP contribution >= 0.6 is 11.3 Å². The first-order valence-corrected chi connectivity index (χ1v) is 16.2. The van der Waals surface area contributed by atoms with E-state index in [0.717, 1.165) is 72.0 Å². The highest BCUT2D eigenvalue weighted by Gasteiger charge is 2.26. The first-order chi connectivity index (χ1) is 18.3. The minimum Gasteiger partial charge on any atom is -0.467 e. The van der Waals surface area contributed by atoms with Crippen molar-refractivity contribution in [2.75, 3.05) is 36.8 Å². The summed E-state index contributed by atoms with van der Waals surface area (Å²) >= 11 is 1.59. The number of hydrogen-bond donors (Lipinski definition) is 0. The van der Waals surface area contributed by atoms with E-state index in [1.54, 1.807) is 15.6 Å². The summed E-state index contributed by atoms with van der Waals surface area (Å²) < 4.78 is 34.2. The molecule has 3 aromatic rings. The number of aryl methyl sites for hydroxylation is 1. The highest BCUT2D eigenvalue weighted by atomic mass is 32.2. The summed E-state index contributed by atoms with van der Waals surface area (Å²) in [7, 11) is -3.20. The smallest absolute Gasteiger partial charge is 0.274 e. The normalized spacial score (nSPS) is 17.8. The van der Waals surface area contributed by atoms with E-state index >= 15 is 0 Å². The van der Waals surface area contributed by atoms with Gasteiger partial charge in [-0.05, 0) is 53.7 Å². The molecule has 1 fully saturated rings. The molecule has 0 atom stereocenters. The van der Waals surface area contributed by atoms with Crippen molar-refractivity contribution in [3.63, 3.8) is 0 Å². The van der Waals surface area contributed by atoms with Gasteiger partial charge in [0.25, 0.3) is 5.19 Å². The number of fused-ring (bicyclic) bond motifs is 1. The molecule has 4 heterocycles. The fourth-order valence-corrected chi connectivity index (χ4v) is 7.88. The van der Waals surface area contributed by atoms with E-state index in [1.807, 2.05) is 26.1 Å². The van der Waals surface area contributed by atoms with Crippen LogP contribution in [0.1, 0.15) is 57.6 Å². The molecule has 7 nitrogen and oxygen atoms in total. The molecule has 1 saturated heterocycles. The summed E-state index contributed by atoms with van der Waals surface area (Å²) in [5, 5.41) is 0.723. The molecule has 204 valence electrons. The molecule has 0 aliphatic carbocycles. The Morgan fingerprint density at radius 1 is 1.13 bits per heavy atom. The van der Waals surface area contributed by atoms with Crippen LogP contribution in [0.3, 0.4) is 0 Å². The third-order valence-electron chi connectivity index (χ3n) is 7.23. The zero-order valence-corrected chi connectivity index (χ0v) is 24.2. The fraction of sp³-hybridized carbons (Fsp3) is 0.517. The van der Waals surface area contributed by atoms with Crippen molar-refractivity contribution in [2.45, 2.75) is 59.0 Å². The first kappa shape index (κ1) is 27.1. The molecule has 0 spiro atoms. The van der Waals surface area contributed by atoms with Gasteiger partial charge >= 0.3 is 0 Å². The Balaban J connectivity index is 1.18. The zero-order chi connectivity index (χ0) is 26.7. The quantitative estimate of drug-likeness (QED) is 0.334. The number of sulfonamides is 1. The Bertz CT molecular complexity index is 1370. The van der Waals surface area contributed by atoms with Gasteiger partial charge in [0.15, 0.2) is 0 Å². The topological polar surface area (TPSA) is 75.6 Å². The molecule has 0 bridgehead atoms. The number of rotatable bonds is 9. The number of hydrogen-bond acceptors (Lipinski definition) is 7. The Morgan fingerprint density at radius 2 is 1.95 bits per heavy atom. The fourth-order valence-electron chi connectivity index (χ4n) is 5.23. The Morgan fingerprint density at radius 3 is 2.61 bits per heavy atom. The van der Waals surface area contributed by atoms with Gasteiger partial charge < -0.3 is 9.64 Å². The molecular formula is C29H38N4O3S2. The second-order valence-corrected chi connectivity index (χ2v) is 13.8. The van der Waals surface area contributed by atoms with Gasteiger partial charge in [-0.25, -0.2) is 18.4 Å². The zero-order valence-electron chi connectivity index (χ0n) is 22.6. The van der Waals surface area contributed by atoms with E-state index in [4.69, 9.17) is 9.72 Å². The van der Waals surface area contributed by atoms with Crippen molar-refractivity contribution >= 4 is 43.0 Å². The maximum absolute atomic E-state index is 12.6. The van der Waals surface area contributed by atoms with Gasteiger partial charge in [-0.15, -0.1) is 0 Å². The van der Waals surface area contributed by atoms with Gasteiger partial charge in [0.05, 0.1) is 16.0 Å². The first-order valence-electron chi connectivity index (χ1n) is 13.7. The number of thiazole rings is 1. The van der Waals surface area contributed by atoms with Crippen LogP contribution in [-0.4, -0.2) is 60.7 Å². The summed E-state index contributed by atoms with van der Waals surface area (Å²) in [5.74, 6) is 1.38. The van der Waals surface area contributed by atoms with Crippen LogP contribution in [0.5, 0.6) is 5.19 Å². The van der Waals surface area contributed by atoms with E-state index in [-0.39, 0.29) is 17.8 Å². The SMILES string of the molecule is CCCc1ccc(N2CCC(Oc3nc4ccc(C5=CCN(S(=O)(=O)CC(C)C)CC5)cc4s3)CC2)nc1. The molecule has 38 heavy (non-hydrogen) atoms. The lowest BCUT2D eigenvalue weighted by Gasteiger charge is -2.32. The average molecular weight is 555 g/mol. The van der Waals surface area contributed by atoms with Gasteiger partial charge in [-0.1, -0.05) is 56.7 Å². The summed E-state index contributed by atoms with van der Waals surface area (Å²) in [6, 6.07) is 10.6. The Kier molecular flexibility index (Phi) is 8.35. The summed E-state index contributed by atoms with van der Waals surface area (Å²) in [5.41, 5.74) is 4.58. The number of ether oxygens (including phenoxy) is 1.